The molecule has 1 aromatic carbocycles. The zero-order valence-corrected chi connectivity index (χ0v) is 8.60. The van der Waals surface area contributed by atoms with E-state index < -0.39 is 5.97 Å². The Morgan fingerprint density at radius 1 is 1.57 bits per heavy atom. The van der Waals surface area contributed by atoms with Crippen molar-refractivity contribution in [3.63, 3.8) is 0 Å². The standard InChI is InChI=1S/C10H11FO2S/c1-7-3-2-4-8(11)10(7)14-6-5-9(12)13/h2-4H,5-6H2,1H3,(H,12,13). The van der Waals surface area contributed by atoms with Gasteiger partial charge in [0, 0.05) is 10.6 Å². The van der Waals surface area contributed by atoms with Crippen LogP contribution in [0.4, 0.5) is 4.39 Å². The largest absolute Gasteiger partial charge is 0.481 e. The van der Waals surface area contributed by atoms with Crippen molar-refractivity contribution in [3.8, 4) is 0 Å². The summed E-state index contributed by atoms with van der Waals surface area (Å²) in [5, 5.41) is 8.42. The highest BCUT2D eigenvalue weighted by molar-refractivity contribution is 7.99. The van der Waals surface area contributed by atoms with Crippen LogP contribution in [-0.4, -0.2) is 16.8 Å². The zero-order valence-electron chi connectivity index (χ0n) is 7.79. The second-order valence-corrected chi connectivity index (χ2v) is 3.98. The molecule has 0 saturated carbocycles. The van der Waals surface area contributed by atoms with Crippen LogP contribution < -0.4 is 0 Å². The van der Waals surface area contributed by atoms with E-state index in [0.717, 1.165) is 5.56 Å². The summed E-state index contributed by atoms with van der Waals surface area (Å²) in [7, 11) is 0. The van der Waals surface area contributed by atoms with Gasteiger partial charge in [0.1, 0.15) is 5.82 Å². The molecule has 0 bridgehead atoms. The Morgan fingerprint density at radius 2 is 2.29 bits per heavy atom. The predicted molar refractivity (Wildman–Crippen MR) is 54.1 cm³/mol. The number of carbonyl (C=O) groups is 1. The molecule has 0 heterocycles. The van der Waals surface area contributed by atoms with Crippen molar-refractivity contribution >= 4 is 17.7 Å². The number of hydrogen-bond acceptors (Lipinski definition) is 2. The van der Waals surface area contributed by atoms with Gasteiger partial charge in [0.2, 0.25) is 0 Å². The van der Waals surface area contributed by atoms with Crippen molar-refractivity contribution in [2.75, 3.05) is 5.75 Å². The molecule has 0 amide bonds. The maximum atomic E-state index is 13.2. The van der Waals surface area contributed by atoms with E-state index in [4.69, 9.17) is 5.11 Å². The Labute approximate surface area is 86.1 Å². The van der Waals surface area contributed by atoms with Crippen LogP contribution in [0.2, 0.25) is 0 Å². The number of aliphatic carboxylic acids is 1. The van der Waals surface area contributed by atoms with E-state index >= 15 is 0 Å². The lowest BCUT2D eigenvalue weighted by atomic mass is 10.2. The lowest BCUT2D eigenvalue weighted by molar-refractivity contribution is -0.136. The van der Waals surface area contributed by atoms with Crippen LogP contribution >= 0.6 is 11.8 Å². The van der Waals surface area contributed by atoms with E-state index in [1.807, 2.05) is 13.0 Å². The van der Waals surface area contributed by atoms with Gasteiger partial charge in [0.05, 0.1) is 6.42 Å². The van der Waals surface area contributed by atoms with Crippen LogP contribution in [0.3, 0.4) is 0 Å². The van der Waals surface area contributed by atoms with Gasteiger partial charge in [-0.2, -0.15) is 0 Å². The minimum absolute atomic E-state index is 0.0540. The number of benzene rings is 1. The number of halogens is 1. The van der Waals surface area contributed by atoms with Gasteiger partial charge in [-0.05, 0) is 18.6 Å². The van der Waals surface area contributed by atoms with Crippen molar-refractivity contribution in [1.29, 1.82) is 0 Å². The number of carboxylic acid groups (broad SMARTS) is 1. The number of carboxylic acids is 1. The first-order chi connectivity index (χ1) is 6.61. The Kier molecular flexibility index (Phi) is 3.95. The summed E-state index contributed by atoms with van der Waals surface area (Å²) in [5.41, 5.74) is 0.848. The van der Waals surface area contributed by atoms with Gasteiger partial charge >= 0.3 is 5.97 Å². The highest BCUT2D eigenvalue weighted by atomic mass is 32.2. The summed E-state index contributed by atoms with van der Waals surface area (Å²) in [6, 6.07) is 4.84. The van der Waals surface area contributed by atoms with Crippen LogP contribution in [0.15, 0.2) is 23.1 Å². The highest BCUT2D eigenvalue weighted by Crippen LogP contribution is 2.25. The molecular weight excluding hydrogens is 203 g/mol. The summed E-state index contributed by atoms with van der Waals surface area (Å²) >= 11 is 1.25. The van der Waals surface area contributed by atoms with Crippen LogP contribution in [-0.2, 0) is 4.79 Å². The summed E-state index contributed by atoms with van der Waals surface area (Å²) < 4.78 is 13.2. The highest BCUT2D eigenvalue weighted by Gasteiger charge is 2.06. The SMILES string of the molecule is Cc1cccc(F)c1SCCC(=O)O. The quantitative estimate of drug-likeness (QED) is 0.783. The van der Waals surface area contributed by atoms with Gasteiger partial charge < -0.3 is 5.11 Å². The molecule has 1 rings (SSSR count). The van der Waals surface area contributed by atoms with Gasteiger partial charge in [0.25, 0.3) is 0 Å². The Morgan fingerprint density at radius 3 is 2.86 bits per heavy atom. The first-order valence-electron chi connectivity index (χ1n) is 4.21. The summed E-state index contributed by atoms with van der Waals surface area (Å²) in [6.07, 6.45) is 0.0540. The number of hydrogen-bond donors (Lipinski definition) is 1. The van der Waals surface area contributed by atoms with Crippen LogP contribution in [0, 0.1) is 12.7 Å². The predicted octanol–water partition coefficient (Wildman–Crippen LogP) is 2.70. The molecule has 0 aromatic heterocycles. The molecule has 2 nitrogen and oxygen atoms in total. The average molecular weight is 214 g/mol. The first kappa shape index (κ1) is 11.0. The fourth-order valence-corrected chi connectivity index (χ4v) is 2.02. The van der Waals surface area contributed by atoms with Gasteiger partial charge in [-0.3, -0.25) is 4.79 Å². The molecule has 14 heavy (non-hydrogen) atoms. The van der Waals surface area contributed by atoms with Gasteiger partial charge in [-0.1, -0.05) is 12.1 Å². The fraction of sp³-hybridized carbons (Fsp3) is 0.300. The second-order valence-electron chi connectivity index (χ2n) is 2.88. The number of thioether (sulfide) groups is 1. The van der Waals surface area contributed by atoms with Crippen molar-refractivity contribution in [2.45, 2.75) is 18.2 Å². The topological polar surface area (TPSA) is 37.3 Å². The molecule has 76 valence electrons. The molecule has 0 aliphatic rings. The van der Waals surface area contributed by atoms with Crippen molar-refractivity contribution in [2.24, 2.45) is 0 Å². The lowest BCUT2D eigenvalue weighted by Gasteiger charge is -2.04. The van der Waals surface area contributed by atoms with Crippen LogP contribution in [0.1, 0.15) is 12.0 Å². The van der Waals surface area contributed by atoms with Crippen LogP contribution in [0.5, 0.6) is 0 Å². The molecule has 0 aliphatic heterocycles. The Balaban J connectivity index is 2.62. The summed E-state index contributed by atoms with van der Waals surface area (Å²) in [4.78, 5) is 10.8. The Hall–Kier alpha value is -1.03. The third-order valence-corrected chi connectivity index (χ3v) is 2.94. The second kappa shape index (κ2) is 5.00. The van der Waals surface area contributed by atoms with E-state index in [-0.39, 0.29) is 12.2 Å². The zero-order chi connectivity index (χ0) is 10.6. The van der Waals surface area contributed by atoms with Gasteiger partial charge in [-0.15, -0.1) is 11.8 Å². The molecule has 0 atom stereocenters. The molecule has 0 spiro atoms. The van der Waals surface area contributed by atoms with E-state index in [0.29, 0.717) is 10.6 Å². The normalized spacial score (nSPS) is 10.1. The molecule has 0 saturated heterocycles. The summed E-state index contributed by atoms with van der Waals surface area (Å²) in [5.74, 6) is -0.733. The molecule has 4 heteroatoms. The average Bonchev–Trinajstić information content (AvgIpc) is 2.09. The molecule has 1 aromatic rings. The Bertz CT molecular complexity index is 319. The minimum Gasteiger partial charge on any atom is -0.481 e. The van der Waals surface area contributed by atoms with Crippen molar-refractivity contribution < 1.29 is 14.3 Å². The summed E-state index contributed by atoms with van der Waals surface area (Å²) in [6.45, 7) is 1.81. The van der Waals surface area contributed by atoms with Gasteiger partial charge in [-0.25, -0.2) is 4.39 Å². The smallest absolute Gasteiger partial charge is 0.304 e. The van der Waals surface area contributed by atoms with Crippen molar-refractivity contribution in [1.82, 2.24) is 0 Å². The molecule has 0 unspecified atom stereocenters. The molecule has 0 aliphatic carbocycles. The monoisotopic (exact) mass is 214 g/mol. The third kappa shape index (κ3) is 3.03. The van der Waals surface area contributed by atoms with E-state index in [9.17, 15) is 9.18 Å². The maximum absolute atomic E-state index is 13.2. The molecule has 0 fully saturated rings. The van der Waals surface area contributed by atoms with Gasteiger partial charge in [0.15, 0.2) is 0 Å². The molecular formula is C10H11FO2S. The van der Waals surface area contributed by atoms with E-state index in [2.05, 4.69) is 0 Å². The fourth-order valence-electron chi connectivity index (χ4n) is 1.04. The minimum atomic E-state index is -0.855. The maximum Gasteiger partial charge on any atom is 0.304 e. The molecule has 1 N–H and O–H groups in total. The van der Waals surface area contributed by atoms with Crippen molar-refractivity contribution in [3.05, 3.63) is 29.6 Å². The number of rotatable bonds is 4. The van der Waals surface area contributed by atoms with Crippen LogP contribution in [0.25, 0.3) is 0 Å². The first-order valence-corrected chi connectivity index (χ1v) is 5.19. The lowest BCUT2D eigenvalue weighted by Crippen LogP contribution is -1.96. The third-order valence-electron chi connectivity index (χ3n) is 1.73. The van der Waals surface area contributed by atoms with E-state index in [1.165, 1.54) is 17.8 Å². The number of aryl methyl sites for hydroxylation is 1. The molecule has 0 radical (unpaired) electrons. The van der Waals surface area contributed by atoms with E-state index in [1.54, 1.807) is 6.07 Å².